The first-order valence-electron chi connectivity index (χ1n) is 14.5. The fraction of sp³-hybridized carbons (Fsp3) is 0.562. The predicted octanol–water partition coefficient (Wildman–Crippen LogP) is 8.59. The van der Waals surface area contributed by atoms with E-state index in [0.717, 1.165) is 28.6 Å². The zero-order valence-electron chi connectivity index (χ0n) is 25.0. The number of rotatable bonds is 12. The van der Waals surface area contributed by atoms with Gasteiger partial charge in [-0.05, 0) is 88.4 Å². The molecule has 0 saturated carbocycles. The minimum absolute atomic E-state index is 0.107. The summed E-state index contributed by atoms with van der Waals surface area (Å²) >= 11 is 1.88. The Morgan fingerprint density at radius 3 is 2.27 bits per heavy atom. The van der Waals surface area contributed by atoms with Crippen molar-refractivity contribution in [3.63, 3.8) is 0 Å². The molecule has 0 aromatic heterocycles. The second-order valence-corrected chi connectivity index (χ2v) is 12.5. The van der Waals surface area contributed by atoms with Crippen LogP contribution in [0.15, 0.2) is 47.4 Å². The Hall–Kier alpha value is -2.87. The largest absolute Gasteiger partial charge is 0.482 e. The molecule has 8 heteroatoms. The highest BCUT2D eigenvalue weighted by molar-refractivity contribution is 7.99. The average Bonchev–Trinajstić information content (AvgIpc) is 3.06. The quantitative estimate of drug-likeness (QED) is 0.256. The van der Waals surface area contributed by atoms with Gasteiger partial charge in [0.25, 0.3) is 0 Å². The Morgan fingerprint density at radius 2 is 1.68 bits per heavy atom. The molecule has 0 unspecified atom stereocenters. The van der Waals surface area contributed by atoms with E-state index in [-0.39, 0.29) is 18.0 Å². The van der Waals surface area contributed by atoms with E-state index in [1.165, 1.54) is 38.5 Å². The van der Waals surface area contributed by atoms with Crippen LogP contribution in [0.3, 0.4) is 0 Å². The first-order chi connectivity index (χ1) is 19.1. The molecule has 2 aromatic carbocycles. The highest BCUT2D eigenvalue weighted by Crippen LogP contribution is 2.48. The van der Waals surface area contributed by atoms with Crippen molar-refractivity contribution < 1.29 is 23.8 Å². The van der Waals surface area contributed by atoms with Crippen molar-refractivity contribution in [2.75, 3.05) is 35.7 Å². The summed E-state index contributed by atoms with van der Waals surface area (Å²) in [4.78, 5) is 27.7. The van der Waals surface area contributed by atoms with Crippen molar-refractivity contribution in [2.24, 2.45) is 5.41 Å². The fourth-order valence-electron chi connectivity index (χ4n) is 4.87. The lowest BCUT2D eigenvalue weighted by atomic mass is 9.79. The van der Waals surface area contributed by atoms with Crippen molar-refractivity contribution in [3.8, 4) is 5.75 Å². The van der Waals surface area contributed by atoms with Crippen LogP contribution in [0, 0.1) is 5.41 Å². The summed E-state index contributed by atoms with van der Waals surface area (Å²) in [6.07, 6.45) is 6.61. The molecule has 0 fully saturated rings. The van der Waals surface area contributed by atoms with Crippen LogP contribution in [0.4, 0.5) is 21.9 Å². The molecule has 2 aromatic rings. The third kappa shape index (κ3) is 9.36. The van der Waals surface area contributed by atoms with Crippen molar-refractivity contribution in [1.29, 1.82) is 0 Å². The summed E-state index contributed by atoms with van der Waals surface area (Å²) in [5.74, 6) is 1.31. The second kappa shape index (κ2) is 14.7. The first kappa shape index (κ1) is 31.7. The van der Waals surface area contributed by atoms with Crippen LogP contribution in [-0.2, 0) is 14.3 Å². The van der Waals surface area contributed by atoms with Gasteiger partial charge in [-0.2, -0.15) is 0 Å². The van der Waals surface area contributed by atoms with Gasteiger partial charge in [-0.1, -0.05) is 39.5 Å². The highest BCUT2D eigenvalue weighted by Gasteiger charge is 2.36. The molecule has 1 amide bonds. The van der Waals surface area contributed by atoms with Crippen molar-refractivity contribution in [2.45, 2.75) is 90.6 Å². The Morgan fingerprint density at radius 1 is 1.00 bits per heavy atom. The molecule has 0 atom stereocenters. The number of hydrogen-bond donors (Lipinski definition) is 1. The third-order valence-electron chi connectivity index (χ3n) is 6.86. The number of unbranched alkanes of at least 4 members (excludes halogenated alkanes) is 2. The maximum atomic E-state index is 12.3. The van der Waals surface area contributed by atoms with Crippen LogP contribution in [-0.4, -0.2) is 43.2 Å². The normalized spacial score (nSPS) is 14.6. The number of esters is 1. The maximum absolute atomic E-state index is 12.3. The molecule has 40 heavy (non-hydrogen) atoms. The van der Waals surface area contributed by atoms with Gasteiger partial charge >= 0.3 is 12.1 Å². The van der Waals surface area contributed by atoms with Crippen molar-refractivity contribution >= 4 is 40.9 Å². The average molecular weight is 571 g/mol. The Labute approximate surface area is 244 Å². The molecule has 0 radical (unpaired) electrons. The van der Waals surface area contributed by atoms with Gasteiger partial charge in [0.05, 0.1) is 12.3 Å². The molecular weight excluding hydrogens is 524 g/mol. The number of fused-ring (bicyclic) bond motifs is 1. The van der Waals surface area contributed by atoms with E-state index in [9.17, 15) is 9.59 Å². The van der Waals surface area contributed by atoms with Crippen LogP contribution in [0.1, 0.15) is 80.1 Å². The molecule has 0 saturated heterocycles. The molecule has 1 heterocycles. The first-order valence-corrected chi connectivity index (χ1v) is 15.5. The summed E-state index contributed by atoms with van der Waals surface area (Å²) < 4.78 is 16.2. The maximum Gasteiger partial charge on any atom is 0.412 e. The summed E-state index contributed by atoms with van der Waals surface area (Å²) in [7, 11) is 0. The zero-order chi connectivity index (χ0) is 29.2. The number of thioether (sulfide) groups is 1. The van der Waals surface area contributed by atoms with Crippen molar-refractivity contribution in [3.05, 3.63) is 42.5 Å². The number of carbonyl (C=O) groups excluding carboxylic acids is 2. The number of ether oxygens (including phenoxy) is 3. The third-order valence-corrected chi connectivity index (χ3v) is 8.25. The summed E-state index contributed by atoms with van der Waals surface area (Å²) in [6, 6.07) is 14.0. The van der Waals surface area contributed by atoms with E-state index in [0.29, 0.717) is 18.0 Å². The molecule has 7 nitrogen and oxygen atoms in total. The molecule has 1 aliphatic rings. The van der Waals surface area contributed by atoms with E-state index in [4.69, 9.17) is 14.2 Å². The van der Waals surface area contributed by atoms with E-state index in [2.05, 4.69) is 42.3 Å². The van der Waals surface area contributed by atoms with Gasteiger partial charge in [0.2, 0.25) is 0 Å². The van der Waals surface area contributed by atoms with E-state index in [1.54, 1.807) is 6.92 Å². The van der Waals surface area contributed by atoms with Crippen LogP contribution in [0.5, 0.6) is 5.75 Å². The van der Waals surface area contributed by atoms with Crippen molar-refractivity contribution in [1.82, 2.24) is 0 Å². The Bertz CT molecular complexity index is 1110. The summed E-state index contributed by atoms with van der Waals surface area (Å²) in [5.41, 5.74) is 2.48. The highest BCUT2D eigenvalue weighted by atomic mass is 32.2. The number of nitrogens with one attached hydrogen (secondary N) is 1. The van der Waals surface area contributed by atoms with Gasteiger partial charge in [0, 0.05) is 28.6 Å². The van der Waals surface area contributed by atoms with Gasteiger partial charge in [-0.25, -0.2) is 9.59 Å². The molecular formula is C32H46N2O5S. The Balaban J connectivity index is 1.92. The summed E-state index contributed by atoms with van der Waals surface area (Å²) in [5, 5.41) is 2.83. The number of nitrogens with zero attached hydrogens (tertiary/aromatic N) is 1. The molecule has 0 spiro atoms. The lowest BCUT2D eigenvalue weighted by Gasteiger charge is -2.37. The van der Waals surface area contributed by atoms with Crippen LogP contribution >= 0.6 is 11.8 Å². The zero-order valence-corrected chi connectivity index (χ0v) is 25.8. The van der Waals surface area contributed by atoms with Crippen LogP contribution in [0.25, 0.3) is 0 Å². The number of benzene rings is 2. The number of amides is 1. The SMILES string of the molecule is CCCCC1(CCCC)CSc2cc(OCC(=O)OCC)ccc2N(c2ccc(NC(=O)OC(C)(C)C)cc2)C1. The van der Waals surface area contributed by atoms with Crippen LogP contribution in [0.2, 0.25) is 0 Å². The topological polar surface area (TPSA) is 77.1 Å². The number of hydrogen-bond acceptors (Lipinski definition) is 7. The smallest absolute Gasteiger partial charge is 0.412 e. The monoisotopic (exact) mass is 570 g/mol. The molecule has 0 aliphatic carbocycles. The lowest BCUT2D eigenvalue weighted by Crippen LogP contribution is -2.36. The van der Waals surface area contributed by atoms with Gasteiger partial charge in [-0.15, -0.1) is 11.8 Å². The standard InChI is InChI=1S/C32H46N2O5S/c1-7-10-18-32(19-11-8-2)22-34(25-14-12-24(13-15-25)33-30(36)39-31(4,5)6)27-17-16-26(20-28(27)40-23-32)38-21-29(35)37-9-3/h12-17,20H,7-11,18-19,21-23H2,1-6H3,(H,33,36). The minimum Gasteiger partial charge on any atom is -0.482 e. The molecule has 0 bridgehead atoms. The van der Waals surface area contributed by atoms with E-state index < -0.39 is 11.7 Å². The molecule has 1 aliphatic heterocycles. The van der Waals surface area contributed by atoms with Gasteiger partial charge in [-0.3, -0.25) is 5.32 Å². The summed E-state index contributed by atoms with van der Waals surface area (Å²) in [6.45, 7) is 13.0. The molecule has 3 rings (SSSR count). The Kier molecular flexibility index (Phi) is 11.6. The molecule has 1 N–H and O–H groups in total. The van der Waals surface area contributed by atoms with Gasteiger partial charge in [0.1, 0.15) is 11.4 Å². The minimum atomic E-state index is -0.559. The lowest BCUT2D eigenvalue weighted by molar-refractivity contribution is -0.145. The molecule has 220 valence electrons. The fourth-order valence-corrected chi connectivity index (χ4v) is 6.24. The number of carbonyl (C=O) groups is 2. The van der Waals surface area contributed by atoms with E-state index in [1.807, 2.05) is 56.8 Å². The predicted molar refractivity (Wildman–Crippen MR) is 164 cm³/mol. The number of anilines is 3. The van der Waals surface area contributed by atoms with Gasteiger partial charge in [0.15, 0.2) is 6.61 Å². The second-order valence-electron chi connectivity index (χ2n) is 11.5. The van der Waals surface area contributed by atoms with Crippen LogP contribution < -0.4 is 15.0 Å². The van der Waals surface area contributed by atoms with E-state index >= 15 is 0 Å². The van der Waals surface area contributed by atoms with Gasteiger partial charge < -0.3 is 19.1 Å².